The van der Waals surface area contributed by atoms with Gasteiger partial charge in [0.15, 0.2) is 0 Å². The molecule has 0 saturated carbocycles. The van der Waals surface area contributed by atoms with Gasteiger partial charge in [-0.05, 0) is 47.1 Å². The number of carbonyl (C=O) groups is 3. The van der Waals surface area contributed by atoms with Crippen molar-refractivity contribution in [2.24, 2.45) is 0 Å². The number of nitrogens with one attached hydrogen (secondary N) is 2. The average Bonchev–Trinajstić information content (AvgIpc) is 2.61. The van der Waals surface area contributed by atoms with E-state index in [-0.39, 0.29) is 30.8 Å². The van der Waals surface area contributed by atoms with E-state index in [0.29, 0.717) is 15.7 Å². The van der Waals surface area contributed by atoms with Crippen LogP contribution in [0.25, 0.3) is 0 Å². The second-order valence-corrected chi connectivity index (χ2v) is 6.68. The number of aryl methyl sites for hydroxylation is 1. The number of anilines is 1. The van der Waals surface area contributed by atoms with Gasteiger partial charge in [-0.3, -0.25) is 14.4 Å². The summed E-state index contributed by atoms with van der Waals surface area (Å²) >= 11 is 3.29. The van der Waals surface area contributed by atoms with Crippen LogP contribution in [0.1, 0.15) is 15.9 Å². The molecule has 136 valence electrons. The third-order valence-corrected chi connectivity index (χ3v) is 4.35. The maximum Gasteiger partial charge on any atom is 0.252 e. The summed E-state index contributed by atoms with van der Waals surface area (Å²) in [6.07, 6.45) is 0. The van der Waals surface area contributed by atoms with Crippen molar-refractivity contribution in [1.29, 1.82) is 0 Å². The van der Waals surface area contributed by atoms with E-state index in [4.69, 9.17) is 0 Å². The zero-order chi connectivity index (χ0) is 19.1. The summed E-state index contributed by atoms with van der Waals surface area (Å²) in [5.74, 6) is -1.02. The molecular weight excluding hydrogens is 398 g/mol. The van der Waals surface area contributed by atoms with E-state index in [1.165, 1.54) is 11.9 Å². The zero-order valence-corrected chi connectivity index (χ0v) is 16.2. The standard InChI is InChI=1S/C19H20BrN3O3/c1-13-7-9-14(10-8-13)22-17(24)12-23(2)18(25)11-21-19(26)15-5-3-4-6-16(15)20/h3-10H,11-12H2,1-2H3,(H,21,26)(H,22,24). The molecule has 0 unspecified atom stereocenters. The number of halogens is 1. The van der Waals surface area contributed by atoms with Gasteiger partial charge in [0.2, 0.25) is 11.8 Å². The van der Waals surface area contributed by atoms with Gasteiger partial charge in [-0.1, -0.05) is 29.8 Å². The first kappa shape index (κ1) is 19.7. The second kappa shape index (κ2) is 9.15. The van der Waals surface area contributed by atoms with Crippen LogP contribution in [-0.4, -0.2) is 42.8 Å². The number of carbonyl (C=O) groups excluding carboxylic acids is 3. The fourth-order valence-corrected chi connectivity index (χ4v) is 2.64. The molecule has 7 heteroatoms. The van der Waals surface area contributed by atoms with Gasteiger partial charge in [0.05, 0.1) is 18.7 Å². The Bertz CT molecular complexity index is 806. The highest BCUT2D eigenvalue weighted by atomic mass is 79.9. The lowest BCUT2D eigenvalue weighted by Crippen LogP contribution is -2.41. The highest BCUT2D eigenvalue weighted by Gasteiger charge is 2.15. The van der Waals surface area contributed by atoms with Crippen molar-refractivity contribution in [3.8, 4) is 0 Å². The Morgan fingerprint density at radius 2 is 1.69 bits per heavy atom. The summed E-state index contributed by atoms with van der Waals surface area (Å²) in [5, 5.41) is 5.28. The third kappa shape index (κ3) is 5.70. The molecule has 0 bridgehead atoms. The van der Waals surface area contributed by atoms with Crippen molar-refractivity contribution in [2.45, 2.75) is 6.92 Å². The molecule has 2 N–H and O–H groups in total. The predicted octanol–water partition coefficient (Wildman–Crippen LogP) is 2.58. The molecule has 0 heterocycles. The average molecular weight is 418 g/mol. The molecule has 2 rings (SSSR count). The first-order valence-corrected chi connectivity index (χ1v) is 8.79. The normalized spacial score (nSPS) is 10.1. The third-order valence-electron chi connectivity index (χ3n) is 3.66. The Morgan fingerprint density at radius 3 is 2.35 bits per heavy atom. The van der Waals surface area contributed by atoms with E-state index in [9.17, 15) is 14.4 Å². The number of amides is 3. The van der Waals surface area contributed by atoms with E-state index < -0.39 is 0 Å². The van der Waals surface area contributed by atoms with Crippen molar-refractivity contribution in [3.05, 3.63) is 64.1 Å². The summed E-state index contributed by atoms with van der Waals surface area (Å²) in [6.45, 7) is 1.67. The van der Waals surface area contributed by atoms with Crippen molar-refractivity contribution < 1.29 is 14.4 Å². The number of hydrogen-bond acceptors (Lipinski definition) is 3. The Morgan fingerprint density at radius 1 is 1.04 bits per heavy atom. The molecule has 0 saturated heterocycles. The molecule has 0 atom stereocenters. The molecule has 2 aromatic carbocycles. The Labute approximate surface area is 160 Å². The van der Waals surface area contributed by atoms with E-state index in [2.05, 4.69) is 26.6 Å². The molecule has 0 radical (unpaired) electrons. The van der Waals surface area contributed by atoms with E-state index in [0.717, 1.165) is 5.56 Å². The van der Waals surface area contributed by atoms with Gasteiger partial charge in [-0.2, -0.15) is 0 Å². The lowest BCUT2D eigenvalue weighted by Gasteiger charge is -2.17. The summed E-state index contributed by atoms with van der Waals surface area (Å²) in [6, 6.07) is 14.3. The SMILES string of the molecule is Cc1ccc(NC(=O)CN(C)C(=O)CNC(=O)c2ccccc2Br)cc1. The molecule has 0 aliphatic heterocycles. The number of rotatable bonds is 6. The minimum atomic E-state index is -0.358. The predicted molar refractivity (Wildman–Crippen MR) is 104 cm³/mol. The minimum absolute atomic E-state index is 0.0996. The van der Waals surface area contributed by atoms with Crippen LogP contribution in [0.3, 0.4) is 0 Å². The molecule has 2 aromatic rings. The van der Waals surface area contributed by atoms with Gasteiger partial charge in [0.25, 0.3) is 5.91 Å². The van der Waals surface area contributed by atoms with Gasteiger partial charge in [0, 0.05) is 17.2 Å². The number of hydrogen-bond donors (Lipinski definition) is 2. The Balaban J connectivity index is 1.81. The van der Waals surface area contributed by atoms with Crippen LogP contribution in [0.2, 0.25) is 0 Å². The van der Waals surface area contributed by atoms with Crippen LogP contribution in [-0.2, 0) is 9.59 Å². The topological polar surface area (TPSA) is 78.5 Å². The summed E-state index contributed by atoms with van der Waals surface area (Å²) in [5.41, 5.74) is 2.21. The molecule has 3 amide bonds. The lowest BCUT2D eigenvalue weighted by atomic mass is 10.2. The maximum absolute atomic E-state index is 12.1. The summed E-state index contributed by atoms with van der Waals surface area (Å²) in [7, 11) is 1.52. The fourth-order valence-electron chi connectivity index (χ4n) is 2.17. The van der Waals surface area contributed by atoms with Gasteiger partial charge < -0.3 is 15.5 Å². The summed E-state index contributed by atoms with van der Waals surface area (Å²) in [4.78, 5) is 37.5. The number of benzene rings is 2. The van der Waals surface area contributed by atoms with Gasteiger partial charge in [0.1, 0.15) is 0 Å². The maximum atomic E-state index is 12.1. The summed E-state index contributed by atoms with van der Waals surface area (Å²) < 4.78 is 0.649. The van der Waals surface area contributed by atoms with Crippen LogP contribution in [0.5, 0.6) is 0 Å². The quantitative estimate of drug-likeness (QED) is 0.757. The highest BCUT2D eigenvalue weighted by molar-refractivity contribution is 9.10. The Hall–Kier alpha value is -2.67. The largest absolute Gasteiger partial charge is 0.343 e. The van der Waals surface area contributed by atoms with Crippen molar-refractivity contribution in [3.63, 3.8) is 0 Å². The molecule has 26 heavy (non-hydrogen) atoms. The fraction of sp³-hybridized carbons (Fsp3) is 0.211. The van der Waals surface area contributed by atoms with Crippen molar-refractivity contribution in [2.75, 3.05) is 25.5 Å². The van der Waals surface area contributed by atoms with Crippen LogP contribution in [0.4, 0.5) is 5.69 Å². The second-order valence-electron chi connectivity index (χ2n) is 5.83. The minimum Gasteiger partial charge on any atom is -0.343 e. The molecule has 0 spiro atoms. The number of nitrogens with zero attached hydrogens (tertiary/aromatic N) is 1. The van der Waals surface area contributed by atoms with E-state index in [1.807, 2.05) is 19.1 Å². The van der Waals surface area contributed by atoms with E-state index >= 15 is 0 Å². The van der Waals surface area contributed by atoms with Crippen LogP contribution in [0, 0.1) is 6.92 Å². The molecule has 0 aliphatic rings. The van der Waals surface area contributed by atoms with Crippen molar-refractivity contribution >= 4 is 39.3 Å². The molecule has 0 fully saturated rings. The molecule has 0 aromatic heterocycles. The lowest BCUT2D eigenvalue weighted by molar-refractivity contribution is -0.132. The van der Waals surface area contributed by atoms with Crippen LogP contribution < -0.4 is 10.6 Å². The van der Waals surface area contributed by atoms with Crippen LogP contribution >= 0.6 is 15.9 Å². The van der Waals surface area contributed by atoms with Gasteiger partial charge in [-0.15, -0.1) is 0 Å². The molecule has 6 nitrogen and oxygen atoms in total. The van der Waals surface area contributed by atoms with Gasteiger partial charge >= 0.3 is 0 Å². The molecule has 0 aliphatic carbocycles. The first-order chi connectivity index (χ1) is 12.4. The van der Waals surface area contributed by atoms with E-state index in [1.54, 1.807) is 36.4 Å². The molecular formula is C19H20BrN3O3. The van der Waals surface area contributed by atoms with Gasteiger partial charge in [-0.25, -0.2) is 0 Å². The number of likely N-dealkylation sites (N-methyl/N-ethyl adjacent to an activating group) is 1. The first-order valence-electron chi connectivity index (χ1n) is 8.00. The monoisotopic (exact) mass is 417 g/mol. The Kier molecular flexibility index (Phi) is 6.91. The zero-order valence-electron chi connectivity index (χ0n) is 14.6. The van der Waals surface area contributed by atoms with Crippen LogP contribution in [0.15, 0.2) is 53.0 Å². The smallest absolute Gasteiger partial charge is 0.252 e. The highest BCUT2D eigenvalue weighted by Crippen LogP contribution is 2.15. The van der Waals surface area contributed by atoms with Crippen molar-refractivity contribution in [1.82, 2.24) is 10.2 Å².